The van der Waals surface area contributed by atoms with Gasteiger partial charge in [0.2, 0.25) is 0 Å². The molecule has 0 atom stereocenters. The van der Waals surface area contributed by atoms with E-state index >= 15 is 0 Å². The van der Waals surface area contributed by atoms with Gasteiger partial charge in [-0.25, -0.2) is 0 Å². The van der Waals surface area contributed by atoms with E-state index in [1.165, 1.54) is 16.5 Å². The second-order valence-corrected chi connectivity index (χ2v) is 3.60. The summed E-state index contributed by atoms with van der Waals surface area (Å²) >= 11 is 0. The summed E-state index contributed by atoms with van der Waals surface area (Å²) in [6.45, 7) is 3.27. The third-order valence-corrected chi connectivity index (χ3v) is 2.54. The number of aromatic nitrogens is 1. The van der Waals surface area contributed by atoms with Crippen LogP contribution in [0.15, 0.2) is 30.5 Å². The van der Waals surface area contributed by atoms with Crippen LogP contribution in [0.1, 0.15) is 12.0 Å². The number of benzene rings is 1. The molecule has 0 radical (unpaired) electrons. The number of fused-ring (bicyclic) bond motifs is 1. The van der Waals surface area contributed by atoms with Crippen molar-refractivity contribution in [1.82, 2.24) is 4.57 Å². The second kappa shape index (κ2) is 3.84. The van der Waals surface area contributed by atoms with Crippen molar-refractivity contribution in [2.24, 2.45) is 0 Å². The molecule has 2 heteroatoms. The van der Waals surface area contributed by atoms with Gasteiger partial charge in [0.05, 0.1) is 0 Å². The molecule has 2 nitrogen and oxygen atoms in total. The van der Waals surface area contributed by atoms with Crippen LogP contribution < -0.4 is 0 Å². The third kappa shape index (κ3) is 1.53. The molecule has 0 bridgehead atoms. The first kappa shape index (κ1) is 9.28. The van der Waals surface area contributed by atoms with Crippen molar-refractivity contribution in [2.45, 2.75) is 19.9 Å². The highest BCUT2D eigenvalue weighted by molar-refractivity contribution is 5.83. The Morgan fingerprint density at radius 1 is 1.29 bits per heavy atom. The van der Waals surface area contributed by atoms with E-state index in [9.17, 15) is 0 Å². The van der Waals surface area contributed by atoms with Crippen molar-refractivity contribution in [3.8, 4) is 0 Å². The normalized spacial score (nSPS) is 11.0. The molecule has 1 N–H and O–H groups in total. The molecule has 2 rings (SSSR count). The molecule has 0 saturated carbocycles. The van der Waals surface area contributed by atoms with Crippen molar-refractivity contribution in [1.29, 1.82) is 0 Å². The lowest BCUT2D eigenvalue weighted by molar-refractivity contribution is 0.280. The molecule has 0 fully saturated rings. The van der Waals surface area contributed by atoms with E-state index in [2.05, 4.69) is 42.0 Å². The third-order valence-electron chi connectivity index (χ3n) is 2.54. The number of hydrogen-bond acceptors (Lipinski definition) is 1. The van der Waals surface area contributed by atoms with E-state index < -0.39 is 0 Å². The number of rotatable bonds is 3. The lowest BCUT2D eigenvalue weighted by atomic mass is 10.2. The maximum atomic E-state index is 8.79. The molecule has 1 aromatic heterocycles. The second-order valence-electron chi connectivity index (χ2n) is 3.60. The fourth-order valence-corrected chi connectivity index (χ4v) is 1.86. The number of nitrogens with zero attached hydrogens (tertiary/aromatic N) is 1. The highest BCUT2D eigenvalue weighted by atomic mass is 16.3. The van der Waals surface area contributed by atoms with Crippen LogP contribution in [0.4, 0.5) is 0 Å². The summed E-state index contributed by atoms with van der Waals surface area (Å²) in [5, 5.41) is 10.1. The molecule has 0 aliphatic carbocycles. The number of aryl methyl sites for hydroxylation is 2. The van der Waals surface area contributed by atoms with Crippen molar-refractivity contribution in [3.63, 3.8) is 0 Å². The molecule has 0 aliphatic heterocycles. The number of para-hydroxylation sites is 1. The molecule has 0 saturated heterocycles. The SMILES string of the molecule is Cc1cn(CCCO)c2ccccc12. The van der Waals surface area contributed by atoms with E-state index in [1.807, 2.05) is 0 Å². The van der Waals surface area contributed by atoms with Crippen molar-refractivity contribution >= 4 is 10.9 Å². The maximum Gasteiger partial charge on any atom is 0.0483 e. The van der Waals surface area contributed by atoms with Gasteiger partial charge in [-0.3, -0.25) is 0 Å². The van der Waals surface area contributed by atoms with E-state index in [4.69, 9.17) is 5.11 Å². The largest absolute Gasteiger partial charge is 0.396 e. The van der Waals surface area contributed by atoms with Gasteiger partial charge in [0.1, 0.15) is 0 Å². The van der Waals surface area contributed by atoms with Gasteiger partial charge in [-0.1, -0.05) is 18.2 Å². The number of aliphatic hydroxyl groups is 1. The topological polar surface area (TPSA) is 25.2 Å². The van der Waals surface area contributed by atoms with Crippen LogP contribution in [0.25, 0.3) is 10.9 Å². The van der Waals surface area contributed by atoms with Crippen LogP contribution in [0.5, 0.6) is 0 Å². The minimum atomic E-state index is 0.256. The molecule has 0 unspecified atom stereocenters. The first-order valence-electron chi connectivity index (χ1n) is 4.98. The fraction of sp³-hybridized carbons (Fsp3) is 0.333. The number of hydrogen-bond donors (Lipinski definition) is 1. The first-order chi connectivity index (χ1) is 6.83. The highest BCUT2D eigenvalue weighted by Gasteiger charge is 2.02. The predicted octanol–water partition coefficient (Wildman–Crippen LogP) is 2.33. The van der Waals surface area contributed by atoms with E-state index in [0.717, 1.165) is 13.0 Å². The Bertz CT molecular complexity index is 431. The first-order valence-corrected chi connectivity index (χ1v) is 4.98. The molecule has 1 heterocycles. The summed E-state index contributed by atoms with van der Waals surface area (Å²) in [7, 11) is 0. The summed E-state index contributed by atoms with van der Waals surface area (Å²) in [6, 6.07) is 8.38. The molecule has 74 valence electrons. The van der Waals surface area contributed by atoms with Gasteiger partial charge in [0, 0.05) is 30.3 Å². The van der Waals surface area contributed by atoms with Gasteiger partial charge in [0.15, 0.2) is 0 Å². The zero-order chi connectivity index (χ0) is 9.97. The van der Waals surface area contributed by atoms with Gasteiger partial charge in [-0.15, -0.1) is 0 Å². The van der Waals surface area contributed by atoms with Crippen LogP contribution in [0, 0.1) is 6.92 Å². The molecule has 1 aromatic carbocycles. The maximum absolute atomic E-state index is 8.79. The molecule has 2 aromatic rings. The minimum absolute atomic E-state index is 0.256. The summed E-state index contributed by atoms with van der Waals surface area (Å²) in [5.74, 6) is 0. The molecule has 0 aliphatic rings. The lowest BCUT2D eigenvalue weighted by Crippen LogP contribution is -1.97. The van der Waals surface area contributed by atoms with Gasteiger partial charge < -0.3 is 9.67 Å². The van der Waals surface area contributed by atoms with Crippen LogP contribution in [-0.2, 0) is 6.54 Å². The van der Waals surface area contributed by atoms with E-state index in [1.54, 1.807) is 0 Å². The van der Waals surface area contributed by atoms with Crippen LogP contribution in [0.2, 0.25) is 0 Å². The molecular formula is C12H15NO. The van der Waals surface area contributed by atoms with Gasteiger partial charge in [-0.2, -0.15) is 0 Å². The monoisotopic (exact) mass is 189 g/mol. The zero-order valence-electron chi connectivity index (χ0n) is 8.40. The Morgan fingerprint density at radius 2 is 2.07 bits per heavy atom. The Labute approximate surface area is 83.8 Å². The standard InChI is InChI=1S/C12H15NO/c1-10-9-13(7-4-8-14)12-6-3-2-5-11(10)12/h2-3,5-6,9,14H,4,7-8H2,1H3. The lowest BCUT2D eigenvalue weighted by Gasteiger charge is -2.02. The Morgan fingerprint density at radius 3 is 2.86 bits per heavy atom. The van der Waals surface area contributed by atoms with E-state index in [-0.39, 0.29) is 6.61 Å². The quantitative estimate of drug-likeness (QED) is 0.787. The number of aliphatic hydroxyl groups excluding tert-OH is 1. The Balaban J connectivity index is 2.44. The van der Waals surface area contributed by atoms with Crippen LogP contribution >= 0.6 is 0 Å². The van der Waals surface area contributed by atoms with Crippen molar-refractivity contribution < 1.29 is 5.11 Å². The minimum Gasteiger partial charge on any atom is -0.396 e. The van der Waals surface area contributed by atoms with E-state index in [0.29, 0.717) is 0 Å². The van der Waals surface area contributed by atoms with Crippen molar-refractivity contribution in [2.75, 3.05) is 6.61 Å². The van der Waals surface area contributed by atoms with Gasteiger partial charge in [0.25, 0.3) is 0 Å². The molecule has 0 amide bonds. The predicted molar refractivity (Wildman–Crippen MR) is 58.4 cm³/mol. The summed E-state index contributed by atoms with van der Waals surface area (Å²) in [5.41, 5.74) is 2.57. The van der Waals surface area contributed by atoms with Crippen LogP contribution in [-0.4, -0.2) is 16.3 Å². The fourth-order valence-electron chi connectivity index (χ4n) is 1.86. The smallest absolute Gasteiger partial charge is 0.0483 e. The summed E-state index contributed by atoms with van der Waals surface area (Å²) in [6.07, 6.45) is 2.97. The van der Waals surface area contributed by atoms with Crippen LogP contribution in [0.3, 0.4) is 0 Å². The highest BCUT2D eigenvalue weighted by Crippen LogP contribution is 2.20. The Hall–Kier alpha value is -1.28. The van der Waals surface area contributed by atoms with Gasteiger partial charge in [-0.05, 0) is 25.0 Å². The molecular weight excluding hydrogens is 174 g/mol. The van der Waals surface area contributed by atoms with Gasteiger partial charge >= 0.3 is 0 Å². The molecule has 14 heavy (non-hydrogen) atoms. The molecule has 0 spiro atoms. The average Bonchev–Trinajstić information content (AvgIpc) is 2.54. The summed E-state index contributed by atoms with van der Waals surface area (Å²) in [4.78, 5) is 0. The zero-order valence-corrected chi connectivity index (χ0v) is 8.40. The van der Waals surface area contributed by atoms with Crippen molar-refractivity contribution in [3.05, 3.63) is 36.0 Å². The summed E-state index contributed by atoms with van der Waals surface area (Å²) < 4.78 is 2.21. The Kier molecular flexibility index (Phi) is 2.55. The average molecular weight is 189 g/mol.